The number of likely N-dealkylation sites (N-methyl/N-ethyl adjacent to an activating group) is 2. The molecule has 0 spiro atoms. The van der Waals surface area contributed by atoms with Crippen LogP contribution in [0, 0.1) is 0 Å². The van der Waals surface area contributed by atoms with Gasteiger partial charge in [-0.15, -0.1) is 12.4 Å². The van der Waals surface area contributed by atoms with Gasteiger partial charge < -0.3 is 16.0 Å². The van der Waals surface area contributed by atoms with Crippen molar-refractivity contribution in [3.8, 4) is 0 Å². The van der Waals surface area contributed by atoms with E-state index in [-0.39, 0.29) is 30.8 Å². The molecule has 0 aromatic rings. The number of hydrogen-bond donors (Lipinski definition) is 2. The highest BCUT2D eigenvalue weighted by Crippen LogP contribution is 2.02. The second-order valence-electron chi connectivity index (χ2n) is 3.69. The molecule has 0 aliphatic carbocycles. The lowest BCUT2D eigenvalue weighted by atomic mass is 10.2. The SMILES string of the molecule is CCNC(=O)CN(CC)C(=O)[C@@H](N)CCSC.Cl. The van der Waals surface area contributed by atoms with Crippen molar-refractivity contribution in [1.29, 1.82) is 0 Å². The highest BCUT2D eigenvalue weighted by atomic mass is 35.5. The molecule has 108 valence electrons. The van der Waals surface area contributed by atoms with Crippen molar-refractivity contribution < 1.29 is 9.59 Å². The first-order valence-electron chi connectivity index (χ1n) is 5.86. The van der Waals surface area contributed by atoms with E-state index in [4.69, 9.17) is 5.73 Å². The molecule has 0 aliphatic heterocycles. The predicted molar refractivity (Wildman–Crippen MR) is 79.2 cm³/mol. The maximum absolute atomic E-state index is 11.9. The number of amides is 2. The van der Waals surface area contributed by atoms with E-state index in [0.717, 1.165) is 5.75 Å². The Bertz CT molecular complexity index is 254. The van der Waals surface area contributed by atoms with Crippen LogP contribution in [0.15, 0.2) is 0 Å². The molecule has 0 radical (unpaired) electrons. The number of thioether (sulfide) groups is 1. The number of nitrogens with two attached hydrogens (primary N) is 1. The minimum absolute atomic E-state index is 0. The molecular formula is C11H24ClN3O2S. The van der Waals surface area contributed by atoms with Crippen LogP contribution in [-0.4, -0.2) is 54.4 Å². The number of hydrogen-bond acceptors (Lipinski definition) is 4. The van der Waals surface area contributed by atoms with E-state index in [2.05, 4.69) is 5.32 Å². The third kappa shape index (κ3) is 7.79. The summed E-state index contributed by atoms with van der Waals surface area (Å²) in [5, 5.41) is 2.67. The van der Waals surface area contributed by atoms with Crippen LogP contribution in [0.2, 0.25) is 0 Å². The minimum Gasteiger partial charge on any atom is -0.355 e. The summed E-state index contributed by atoms with van der Waals surface area (Å²) in [6.07, 6.45) is 2.62. The number of rotatable bonds is 8. The molecule has 0 bridgehead atoms. The largest absolute Gasteiger partial charge is 0.355 e. The van der Waals surface area contributed by atoms with Crippen LogP contribution >= 0.6 is 24.2 Å². The Morgan fingerprint density at radius 1 is 1.39 bits per heavy atom. The summed E-state index contributed by atoms with van der Waals surface area (Å²) in [6, 6.07) is -0.503. The number of carbonyl (C=O) groups excluding carboxylic acids is 2. The number of nitrogens with zero attached hydrogens (tertiary/aromatic N) is 1. The van der Waals surface area contributed by atoms with Crippen LogP contribution in [0.5, 0.6) is 0 Å². The second kappa shape index (κ2) is 11.6. The first kappa shape index (κ1) is 19.9. The fourth-order valence-corrected chi connectivity index (χ4v) is 1.86. The highest BCUT2D eigenvalue weighted by molar-refractivity contribution is 7.98. The lowest BCUT2D eigenvalue weighted by molar-refractivity contribution is -0.136. The van der Waals surface area contributed by atoms with E-state index in [1.165, 1.54) is 4.90 Å². The predicted octanol–water partition coefficient (Wildman–Crippen LogP) is 0.473. The van der Waals surface area contributed by atoms with Crippen LogP contribution in [-0.2, 0) is 9.59 Å². The standard InChI is InChI=1S/C11H23N3O2S.ClH/c1-4-13-10(15)8-14(5-2)11(16)9(12)6-7-17-3;/h9H,4-8,12H2,1-3H3,(H,13,15);1H/t9-;/m0./s1. The monoisotopic (exact) mass is 297 g/mol. The fraction of sp³-hybridized carbons (Fsp3) is 0.818. The van der Waals surface area contributed by atoms with Crippen molar-refractivity contribution in [3.63, 3.8) is 0 Å². The van der Waals surface area contributed by atoms with Gasteiger partial charge in [-0.3, -0.25) is 9.59 Å². The van der Waals surface area contributed by atoms with Crippen molar-refractivity contribution in [3.05, 3.63) is 0 Å². The summed E-state index contributed by atoms with van der Waals surface area (Å²) in [7, 11) is 0. The average Bonchev–Trinajstić information content (AvgIpc) is 2.32. The molecule has 0 aromatic heterocycles. The van der Waals surface area contributed by atoms with E-state index in [9.17, 15) is 9.59 Å². The first-order valence-corrected chi connectivity index (χ1v) is 7.26. The lowest BCUT2D eigenvalue weighted by Gasteiger charge is -2.23. The summed E-state index contributed by atoms with van der Waals surface area (Å²) in [6.45, 7) is 4.86. The summed E-state index contributed by atoms with van der Waals surface area (Å²) >= 11 is 1.66. The van der Waals surface area contributed by atoms with Crippen molar-refractivity contribution in [2.75, 3.05) is 31.6 Å². The van der Waals surface area contributed by atoms with E-state index in [1.807, 2.05) is 20.1 Å². The van der Waals surface area contributed by atoms with Gasteiger partial charge in [0.1, 0.15) is 0 Å². The number of halogens is 1. The van der Waals surface area contributed by atoms with Crippen molar-refractivity contribution >= 4 is 36.0 Å². The van der Waals surface area contributed by atoms with Crippen molar-refractivity contribution in [2.45, 2.75) is 26.3 Å². The Hall–Kier alpha value is -0.460. The minimum atomic E-state index is -0.503. The molecule has 0 saturated heterocycles. The van der Waals surface area contributed by atoms with Gasteiger partial charge in [0.2, 0.25) is 11.8 Å². The summed E-state index contributed by atoms with van der Waals surface area (Å²) in [4.78, 5) is 24.8. The summed E-state index contributed by atoms with van der Waals surface area (Å²) < 4.78 is 0. The van der Waals surface area contributed by atoms with Gasteiger partial charge >= 0.3 is 0 Å². The van der Waals surface area contributed by atoms with Gasteiger partial charge in [0.15, 0.2) is 0 Å². The normalized spacial score (nSPS) is 11.3. The molecule has 0 unspecified atom stereocenters. The maximum Gasteiger partial charge on any atom is 0.239 e. The zero-order valence-electron chi connectivity index (χ0n) is 11.3. The Labute approximate surface area is 120 Å². The second-order valence-corrected chi connectivity index (χ2v) is 4.68. The molecule has 7 heteroatoms. The Kier molecular flexibility index (Phi) is 12.8. The smallest absolute Gasteiger partial charge is 0.239 e. The molecule has 5 nitrogen and oxygen atoms in total. The molecular weight excluding hydrogens is 274 g/mol. The van der Waals surface area contributed by atoms with Gasteiger partial charge in [0.05, 0.1) is 12.6 Å². The molecule has 0 heterocycles. The topological polar surface area (TPSA) is 75.4 Å². The molecule has 0 aliphatic rings. The van der Waals surface area contributed by atoms with Crippen molar-refractivity contribution in [2.24, 2.45) is 5.73 Å². The van der Waals surface area contributed by atoms with E-state index >= 15 is 0 Å². The van der Waals surface area contributed by atoms with Gasteiger partial charge in [-0.2, -0.15) is 11.8 Å². The number of carbonyl (C=O) groups is 2. The Balaban J connectivity index is 0. The molecule has 0 saturated carbocycles. The molecule has 0 aromatic carbocycles. The molecule has 3 N–H and O–H groups in total. The summed E-state index contributed by atoms with van der Waals surface area (Å²) in [5.41, 5.74) is 5.79. The van der Waals surface area contributed by atoms with Crippen molar-refractivity contribution in [1.82, 2.24) is 10.2 Å². The van der Waals surface area contributed by atoms with Crippen LogP contribution in [0.25, 0.3) is 0 Å². The van der Waals surface area contributed by atoms with Crippen LogP contribution in [0.3, 0.4) is 0 Å². The van der Waals surface area contributed by atoms with Gasteiger partial charge in [0, 0.05) is 13.1 Å². The lowest BCUT2D eigenvalue weighted by Crippen LogP contribution is -2.48. The van der Waals surface area contributed by atoms with E-state index in [0.29, 0.717) is 19.5 Å². The Morgan fingerprint density at radius 3 is 2.44 bits per heavy atom. The van der Waals surface area contributed by atoms with E-state index < -0.39 is 6.04 Å². The maximum atomic E-state index is 11.9. The first-order chi connectivity index (χ1) is 8.06. The van der Waals surface area contributed by atoms with Crippen LogP contribution in [0.1, 0.15) is 20.3 Å². The zero-order chi connectivity index (χ0) is 13.3. The third-order valence-corrected chi connectivity index (χ3v) is 3.00. The molecule has 0 rings (SSSR count). The molecule has 2 amide bonds. The van der Waals surface area contributed by atoms with E-state index in [1.54, 1.807) is 11.8 Å². The van der Waals surface area contributed by atoms with Gasteiger partial charge in [0.25, 0.3) is 0 Å². The highest BCUT2D eigenvalue weighted by Gasteiger charge is 2.21. The number of nitrogens with one attached hydrogen (secondary N) is 1. The van der Waals surface area contributed by atoms with Gasteiger partial charge in [-0.1, -0.05) is 0 Å². The fourth-order valence-electron chi connectivity index (χ4n) is 1.37. The molecule has 1 atom stereocenters. The van der Waals surface area contributed by atoms with Gasteiger partial charge in [-0.05, 0) is 32.3 Å². The average molecular weight is 298 g/mol. The van der Waals surface area contributed by atoms with Crippen LogP contribution < -0.4 is 11.1 Å². The summed E-state index contributed by atoms with van der Waals surface area (Å²) in [5.74, 6) is 0.568. The Morgan fingerprint density at radius 2 is 2.00 bits per heavy atom. The molecule has 18 heavy (non-hydrogen) atoms. The van der Waals surface area contributed by atoms with Gasteiger partial charge in [-0.25, -0.2) is 0 Å². The zero-order valence-corrected chi connectivity index (χ0v) is 12.9. The quantitative estimate of drug-likeness (QED) is 0.683. The third-order valence-electron chi connectivity index (χ3n) is 2.35. The molecule has 0 fully saturated rings. The van der Waals surface area contributed by atoms with Crippen LogP contribution in [0.4, 0.5) is 0 Å².